The van der Waals surface area contributed by atoms with Gasteiger partial charge in [-0.05, 0) is 64.0 Å². The second-order valence-corrected chi connectivity index (χ2v) is 14.4. The van der Waals surface area contributed by atoms with Crippen molar-refractivity contribution < 1.29 is 4.42 Å². The van der Waals surface area contributed by atoms with Crippen molar-refractivity contribution >= 4 is 60.0 Å². The Bertz CT molecular complexity index is 3460. The summed E-state index contributed by atoms with van der Waals surface area (Å²) in [6.07, 6.45) is 0. The number of nitrogens with zero attached hydrogens (tertiary/aromatic N) is 4. The maximum atomic E-state index is 6.44. The van der Waals surface area contributed by atoms with Gasteiger partial charge in [0.25, 0.3) is 0 Å². The maximum Gasteiger partial charge on any atom is 0.164 e. The van der Waals surface area contributed by atoms with Crippen LogP contribution >= 0.6 is 0 Å². The minimum atomic E-state index is 0.630. The summed E-state index contributed by atoms with van der Waals surface area (Å²) in [6.45, 7) is 0. The van der Waals surface area contributed by atoms with Gasteiger partial charge < -0.3 is 8.82 Å². The topological polar surface area (TPSA) is 56.2 Å². The number of hydrogen-bond donors (Lipinski definition) is 0. The molecule has 4 aromatic heterocycles. The van der Waals surface area contributed by atoms with E-state index in [9.17, 15) is 0 Å². The third kappa shape index (κ3) is 4.64. The first-order valence-electron chi connectivity index (χ1n) is 18.9. The lowest BCUT2D eigenvalue weighted by molar-refractivity contribution is 0.669. The molecule has 4 heterocycles. The molecule has 12 rings (SSSR count). The molecule has 0 aliphatic carbocycles. The summed E-state index contributed by atoms with van der Waals surface area (Å²) in [5.41, 5.74) is 12.7. The van der Waals surface area contributed by atoms with Crippen molar-refractivity contribution in [3.8, 4) is 56.4 Å². The van der Waals surface area contributed by atoms with Crippen LogP contribution in [0, 0.1) is 0 Å². The molecule has 56 heavy (non-hydrogen) atoms. The van der Waals surface area contributed by atoms with Crippen LogP contribution in [-0.2, 0) is 0 Å². The number of furan rings is 1. The zero-order chi connectivity index (χ0) is 36.7. The van der Waals surface area contributed by atoms with Gasteiger partial charge >= 0.3 is 0 Å². The molecule has 0 N–H and O–H groups in total. The van der Waals surface area contributed by atoms with Crippen molar-refractivity contribution in [1.29, 1.82) is 0 Å². The van der Waals surface area contributed by atoms with E-state index in [4.69, 9.17) is 19.4 Å². The van der Waals surface area contributed by atoms with E-state index in [2.05, 4.69) is 150 Å². The van der Waals surface area contributed by atoms with E-state index in [0.717, 1.165) is 55.6 Å². The number of rotatable bonds is 5. The van der Waals surface area contributed by atoms with Crippen LogP contribution < -0.4 is 0 Å². The molecular weight excluding hydrogens is 685 g/mol. The van der Waals surface area contributed by atoms with Gasteiger partial charge in [0.1, 0.15) is 11.2 Å². The maximum absolute atomic E-state index is 6.44. The quantitative estimate of drug-likeness (QED) is 0.178. The molecule has 0 saturated carbocycles. The molecule has 0 fully saturated rings. The molecular formula is C51H30N4O. The first-order valence-corrected chi connectivity index (χ1v) is 18.9. The summed E-state index contributed by atoms with van der Waals surface area (Å²) in [5, 5.41) is 7.17. The number of benzene rings is 8. The van der Waals surface area contributed by atoms with Gasteiger partial charge in [-0.1, -0.05) is 146 Å². The van der Waals surface area contributed by atoms with Crippen molar-refractivity contribution in [3.63, 3.8) is 0 Å². The van der Waals surface area contributed by atoms with Gasteiger partial charge in [-0.3, -0.25) is 0 Å². The summed E-state index contributed by atoms with van der Waals surface area (Å²) in [4.78, 5) is 15.1. The number of fused-ring (bicyclic) bond motifs is 6. The number of aromatic nitrogens is 4. The van der Waals surface area contributed by atoms with Gasteiger partial charge in [-0.15, -0.1) is 0 Å². The average molecular weight is 715 g/mol. The lowest BCUT2D eigenvalue weighted by Crippen LogP contribution is -2.00. The monoisotopic (exact) mass is 714 g/mol. The van der Waals surface area contributed by atoms with Gasteiger partial charge in [0.15, 0.2) is 17.5 Å². The predicted octanol–water partition coefficient (Wildman–Crippen LogP) is 13.3. The minimum absolute atomic E-state index is 0.630. The van der Waals surface area contributed by atoms with Crippen LogP contribution in [0.1, 0.15) is 0 Å². The van der Waals surface area contributed by atoms with Crippen LogP contribution in [-0.4, -0.2) is 19.4 Å². The highest BCUT2D eigenvalue weighted by atomic mass is 16.3. The molecule has 5 nitrogen and oxygen atoms in total. The fourth-order valence-corrected chi connectivity index (χ4v) is 8.59. The second-order valence-electron chi connectivity index (χ2n) is 14.4. The van der Waals surface area contributed by atoms with E-state index in [1.807, 2.05) is 36.4 Å². The Hall–Kier alpha value is -7.63. The molecule has 260 valence electrons. The van der Waals surface area contributed by atoms with E-state index >= 15 is 0 Å². The fourth-order valence-electron chi connectivity index (χ4n) is 8.59. The fraction of sp³-hybridized carbons (Fsp3) is 0. The molecule has 5 heteroatoms. The standard InChI is InChI=1S/C51H30N4O/c1-3-11-31(12-4-1)35-15-9-16-37(29-35)51-53-49(33-13-5-2-6-14-33)52-50(54-51)34-23-21-32(22-24-34)36-25-26-39-40-18-10-20-44-46(40)47-45(56-44)28-27-41-38-17-7-8-19-42(38)55(48(41)47)43(39)30-36/h1-30H. The van der Waals surface area contributed by atoms with Crippen molar-refractivity contribution in [2.45, 2.75) is 0 Å². The Balaban J connectivity index is 1.02. The minimum Gasteiger partial charge on any atom is -0.456 e. The van der Waals surface area contributed by atoms with Crippen LogP contribution in [0.5, 0.6) is 0 Å². The lowest BCUT2D eigenvalue weighted by Gasteiger charge is -2.10. The van der Waals surface area contributed by atoms with Gasteiger partial charge in [-0.2, -0.15) is 0 Å². The van der Waals surface area contributed by atoms with E-state index in [1.165, 1.54) is 43.4 Å². The van der Waals surface area contributed by atoms with Gasteiger partial charge in [0, 0.05) is 38.2 Å². The van der Waals surface area contributed by atoms with E-state index in [-0.39, 0.29) is 0 Å². The highest BCUT2D eigenvalue weighted by Gasteiger charge is 2.21. The van der Waals surface area contributed by atoms with Crippen LogP contribution in [0.3, 0.4) is 0 Å². The zero-order valence-electron chi connectivity index (χ0n) is 30.0. The molecule has 0 saturated heterocycles. The van der Waals surface area contributed by atoms with Crippen molar-refractivity contribution in [2.24, 2.45) is 0 Å². The van der Waals surface area contributed by atoms with Crippen LogP contribution in [0.2, 0.25) is 0 Å². The Kier molecular flexibility index (Phi) is 6.56. The molecule has 0 unspecified atom stereocenters. The van der Waals surface area contributed by atoms with Crippen molar-refractivity contribution in [1.82, 2.24) is 19.4 Å². The highest BCUT2D eigenvalue weighted by molar-refractivity contribution is 6.31. The van der Waals surface area contributed by atoms with E-state index < -0.39 is 0 Å². The summed E-state index contributed by atoms with van der Waals surface area (Å²) in [6, 6.07) is 63.8. The Morgan fingerprint density at radius 3 is 1.64 bits per heavy atom. The lowest BCUT2D eigenvalue weighted by atomic mass is 10.00. The molecule has 8 aromatic carbocycles. The average Bonchev–Trinajstić information content (AvgIpc) is 3.79. The van der Waals surface area contributed by atoms with Gasteiger partial charge in [0.2, 0.25) is 0 Å². The summed E-state index contributed by atoms with van der Waals surface area (Å²) in [7, 11) is 0. The summed E-state index contributed by atoms with van der Waals surface area (Å²) < 4.78 is 8.89. The smallest absolute Gasteiger partial charge is 0.164 e. The Labute approximate surface area is 321 Å². The molecule has 0 bridgehead atoms. The largest absolute Gasteiger partial charge is 0.456 e. The summed E-state index contributed by atoms with van der Waals surface area (Å²) in [5.74, 6) is 1.91. The highest BCUT2D eigenvalue weighted by Crippen LogP contribution is 2.44. The van der Waals surface area contributed by atoms with Gasteiger partial charge in [0.05, 0.1) is 21.9 Å². The Morgan fingerprint density at radius 1 is 0.321 bits per heavy atom. The van der Waals surface area contributed by atoms with Crippen LogP contribution in [0.25, 0.3) is 116 Å². The SMILES string of the molecule is c1ccc(-c2cccc(-c3nc(-c4ccccc4)nc(-c4ccc(-c5ccc6c7cccc8oc9ccc%10c%11ccccc%11n(c6c5)c%10c9c87)cc4)n3)c2)cc1. The van der Waals surface area contributed by atoms with Crippen molar-refractivity contribution in [3.05, 3.63) is 182 Å². The van der Waals surface area contributed by atoms with Crippen LogP contribution in [0.15, 0.2) is 186 Å². The first-order chi connectivity index (χ1) is 27.7. The Morgan fingerprint density at radius 2 is 0.839 bits per heavy atom. The molecule has 0 aliphatic rings. The number of hydrogen-bond acceptors (Lipinski definition) is 4. The second kappa shape index (κ2) is 11.9. The third-order valence-electron chi connectivity index (χ3n) is 11.2. The first kappa shape index (κ1) is 30.8. The molecule has 0 amide bonds. The normalized spacial score (nSPS) is 11.9. The third-order valence-corrected chi connectivity index (χ3v) is 11.2. The number of para-hydroxylation sites is 1. The van der Waals surface area contributed by atoms with Gasteiger partial charge in [-0.25, -0.2) is 15.0 Å². The molecule has 0 radical (unpaired) electrons. The van der Waals surface area contributed by atoms with Crippen LogP contribution in [0.4, 0.5) is 0 Å². The predicted molar refractivity (Wildman–Crippen MR) is 229 cm³/mol. The zero-order valence-corrected chi connectivity index (χ0v) is 30.0. The van der Waals surface area contributed by atoms with Crippen molar-refractivity contribution in [2.75, 3.05) is 0 Å². The molecule has 0 aliphatic heterocycles. The molecule has 0 atom stereocenters. The molecule has 12 aromatic rings. The van der Waals surface area contributed by atoms with E-state index in [0.29, 0.717) is 17.5 Å². The van der Waals surface area contributed by atoms with E-state index in [1.54, 1.807) is 0 Å². The summed E-state index contributed by atoms with van der Waals surface area (Å²) >= 11 is 0. The molecule has 0 spiro atoms.